The van der Waals surface area contributed by atoms with E-state index in [9.17, 15) is 9.18 Å². The molecule has 66 valence electrons. The van der Waals surface area contributed by atoms with E-state index in [4.69, 9.17) is 0 Å². The Balaban J connectivity index is 2.27. The van der Waals surface area contributed by atoms with E-state index in [1.807, 2.05) is 0 Å². The molecule has 4 nitrogen and oxygen atoms in total. The van der Waals surface area contributed by atoms with Gasteiger partial charge in [-0.15, -0.1) is 0 Å². The summed E-state index contributed by atoms with van der Waals surface area (Å²) in [5, 5.41) is 2.41. The van der Waals surface area contributed by atoms with E-state index in [0.717, 1.165) is 0 Å². The van der Waals surface area contributed by atoms with Crippen molar-refractivity contribution >= 4 is 5.91 Å². The van der Waals surface area contributed by atoms with Crippen molar-refractivity contribution in [3.05, 3.63) is 18.7 Å². The van der Waals surface area contributed by atoms with Gasteiger partial charge >= 0.3 is 0 Å². The van der Waals surface area contributed by atoms with Crippen LogP contribution >= 0.6 is 0 Å². The number of amides is 1. The zero-order chi connectivity index (χ0) is 8.81. The Kier molecular flexibility index (Phi) is 3.25. The van der Waals surface area contributed by atoms with Crippen LogP contribution in [0.15, 0.2) is 18.7 Å². The molecule has 0 aliphatic carbocycles. The largest absolute Gasteiger partial charge is 0.352 e. The van der Waals surface area contributed by atoms with Gasteiger partial charge in [-0.25, -0.2) is 9.37 Å². The van der Waals surface area contributed by atoms with Crippen molar-refractivity contribution in [2.75, 3.05) is 13.2 Å². The topological polar surface area (TPSA) is 46.9 Å². The van der Waals surface area contributed by atoms with Crippen molar-refractivity contribution < 1.29 is 9.18 Å². The number of aromatic nitrogens is 2. The van der Waals surface area contributed by atoms with Gasteiger partial charge in [0.05, 0.1) is 6.33 Å². The first-order valence-electron chi connectivity index (χ1n) is 3.61. The Labute approximate surface area is 69.4 Å². The molecule has 5 heteroatoms. The summed E-state index contributed by atoms with van der Waals surface area (Å²) in [6, 6.07) is 0. The number of carbonyl (C=O) groups excluding carboxylic acids is 1. The van der Waals surface area contributed by atoms with Crippen LogP contribution in [0.5, 0.6) is 0 Å². The predicted molar refractivity (Wildman–Crippen MR) is 41.2 cm³/mol. The maximum absolute atomic E-state index is 11.6. The predicted octanol–water partition coefficient (Wildman–Crippen LogP) is -0.0312. The molecule has 0 atom stereocenters. The number of halogens is 1. The molecule has 0 saturated heterocycles. The van der Waals surface area contributed by atoms with Gasteiger partial charge in [0, 0.05) is 18.9 Å². The molecular weight excluding hydrogens is 161 g/mol. The standard InChI is InChI=1S/C7H10FN3O/c8-1-2-10-7(12)5-11-4-3-9-6-11/h3-4,6H,1-2,5H2,(H,10,12). The lowest BCUT2D eigenvalue weighted by Gasteiger charge is -2.02. The van der Waals surface area contributed by atoms with Gasteiger partial charge in [-0.2, -0.15) is 0 Å². The minimum Gasteiger partial charge on any atom is -0.352 e. The summed E-state index contributed by atoms with van der Waals surface area (Å²) in [5.41, 5.74) is 0. The Bertz CT molecular complexity index is 235. The van der Waals surface area contributed by atoms with E-state index in [-0.39, 0.29) is 19.0 Å². The number of nitrogens with zero attached hydrogens (tertiary/aromatic N) is 2. The maximum atomic E-state index is 11.6. The monoisotopic (exact) mass is 171 g/mol. The molecule has 1 N–H and O–H groups in total. The molecule has 12 heavy (non-hydrogen) atoms. The van der Waals surface area contributed by atoms with E-state index in [0.29, 0.717) is 0 Å². The van der Waals surface area contributed by atoms with Crippen molar-refractivity contribution in [2.45, 2.75) is 6.54 Å². The van der Waals surface area contributed by atoms with Crippen molar-refractivity contribution in [1.29, 1.82) is 0 Å². The molecule has 1 heterocycles. The number of carbonyl (C=O) groups is 1. The van der Waals surface area contributed by atoms with Gasteiger partial charge in [-0.3, -0.25) is 4.79 Å². The van der Waals surface area contributed by atoms with Crippen molar-refractivity contribution in [1.82, 2.24) is 14.9 Å². The second-order valence-electron chi connectivity index (χ2n) is 2.27. The Hall–Kier alpha value is -1.39. The maximum Gasteiger partial charge on any atom is 0.240 e. The molecule has 0 spiro atoms. The first-order valence-corrected chi connectivity index (χ1v) is 3.61. The summed E-state index contributed by atoms with van der Waals surface area (Å²) in [4.78, 5) is 14.7. The second-order valence-corrected chi connectivity index (χ2v) is 2.27. The average Bonchev–Trinajstić information content (AvgIpc) is 2.53. The summed E-state index contributed by atoms with van der Waals surface area (Å²) in [6.45, 7) is -0.261. The van der Waals surface area contributed by atoms with Crippen molar-refractivity contribution in [2.24, 2.45) is 0 Å². The van der Waals surface area contributed by atoms with Crippen LogP contribution in [0.3, 0.4) is 0 Å². The molecule has 0 fully saturated rings. The third-order valence-corrected chi connectivity index (χ3v) is 1.30. The summed E-state index contributed by atoms with van der Waals surface area (Å²) in [6.07, 6.45) is 4.80. The highest BCUT2D eigenvalue weighted by Gasteiger charge is 1.99. The van der Waals surface area contributed by atoms with Gasteiger partial charge in [0.1, 0.15) is 13.2 Å². The molecule has 0 aliphatic rings. The Morgan fingerprint density at radius 2 is 2.50 bits per heavy atom. The molecule has 0 saturated carbocycles. The van der Waals surface area contributed by atoms with E-state index in [1.165, 1.54) is 6.33 Å². The van der Waals surface area contributed by atoms with Gasteiger partial charge in [0.15, 0.2) is 0 Å². The number of imidazole rings is 1. The van der Waals surface area contributed by atoms with Crippen molar-refractivity contribution in [3.8, 4) is 0 Å². The number of nitrogens with one attached hydrogen (secondary N) is 1. The molecular formula is C7H10FN3O. The zero-order valence-electron chi connectivity index (χ0n) is 6.53. The van der Waals surface area contributed by atoms with Gasteiger partial charge in [0.25, 0.3) is 0 Å². The SMILES string of the molecule is O=C(Cn1ccnc1)NCCF. The van der Waals surface area contributed by atoms with E-state index >= 15 is 0 Å². The molecule has 0 aliphatic heterocycles. The molecule has 0 unspecified atom stereocenters. The highest BCUT2D eigenvalue weighted by atomic mass is 19.1. The molecule has 0 radical (unpaired) electrons. The average molecular weight is 171 g/mol. The lowest BCUT2D eigenvalue weighted by molar-refractivity contribution is -0.121. The quantitative estimate of drug-likeness (QED) is 0.691. The smallest absolute Gasteiger partial charge is 0.240 e. The fourth-order valence-electron chi connectivity index (χ4n) is 0.789. The third kappa shape index (κ3) is 2.69. The van der Waals surface area contributed by atoms with E-state index in [2.05, 4.69) is 10.3 Å². The fourth-order valence-corrected chi connectivity index (χ4v) is 0.789. The highest BCUT2D eigenvalue weighted by molar-refractivity contribution is 5.75. The van der Waals surface area contributed by atoms with Crippen LogP contribution in [0.2, 0.25) is 0 Å². The number of hydrogen-bond donors (Lipinski definition) is 1. The normalized spacial score (nSPS) is 9.75. The Morgan fingerprint density at radius 3 is 3.08 bits per heavy atom. The van der Waals surface area contributed by atoms with Crippen LogP contribution < -0.4 is 5.32 Å². The van der Waals surface area contributed by atoms with Crippen LogP contribution in [0.4, 0.5) is 4.39 Å². The lowest BCUT2D eigenvalue weighted by Crippen LogP contribution is -2.28. The third-order valence-electron chi connectivity index (χ3n) is 1.30. The van der Waals surface area contributed by atoms with Gasteiger partial charge < -0.3 is 9.88 Å². The number of rotatable bonds is 4. The summed E-state index contributed by atoms with van der Waals surface area (Å²) in [5.74, 6) is -0.203. The lowest BCUT2D eigenvalue weighted by atomic mass is 10.5. The molecule has 1 amide bonds. The zero-order valence-corrected chi connectivity index (χ0v) is 6.53. The molecule has 1 aromatic heterocycles. The second kappa shape index (κ2) is 4.48. The first-order chi connectivity index (χ1) is 5.83. The summed E-state index contributed by atoms with van der Waals surface area (Å²) >= 11 is 0. The van der Waals surface area contributed by atoms with Gasteiger partial charge in [-0.1, -0.05) is 0 Å². The summed E-state index contributed by atoms with van der Waals surface area (Å²) in [7, 11) is 0. The summed E-state index contributed by atoms with van der Waals surface area (Å²) < 4.78 is 13.2. The van der Waals surface area contributed by atoms with Crippen LogP contribution in [0.1, 0.15) is 0 Å². The highest BCUT2D eigenvalue weighted by Crippen LogP contribution is 1.84. The van der Waals surface area contributed by atoms with E-state index in [1.54, 1.807) is 17.0 Å². The Morgan fingerprint density at radius 1 is 1.67 bits per heavy atom. The minimum absolute atomic E-state index is 0.0769. The fraction of sp³-hybridized carbons (Fsp3) is 0.429. The van der Waals surface area contributed by atoms with Crippen LogP contribution in [0.25, 0.3) is 0 Å². The first kappa shape index (κ1) is 8.70. The van der Waals surface area contributed by atoms with E-state index < -0.39 is 6.67 Å². The molecule has 1 aromatic rings. The number of alkyl halides is 1. The van der Waals surface area contributed by atoms with Crippen LogP contribution in [0, 0.1) is 0 Å². The van der Waals surface area contributed by atoms with Crippen LogP contribution in [-0.4, -0.2) is 28.7 Å². The van der Waals surface area contributed by atoms with Gasteiger partial charge in [-0.05, 0) is 0 Å². The van der Waals surface area contributed by atoms with Crippen LogP contribution in [-0.2, 0) is 11.3 Å². The number of hydrogen-bond acceptors (Lipinski definition) is 2. The molecule has 0 bridgehead atoms. The van der Waals surface area contributed by atoms with Gasteiger partial charge in [0.2, 0.25) is 5.91 Å². The van der Waals surface area contributed by atoms with Crippen molar-refractivity contribution in [3.63, 3.8) is 0 Å². The molecule has 0 aromatic carbocycles. The molecule has 1 rings (SSSR count). The minimum atomic E-state index is -0.532.